The maximum absolute atomic E-state index is 12.9. The zero-order valence-corrected chi connectivity index (χ0v) is 17.9. The minimum Gasteiger partial charge on any atom is -0.495 e. The summed E-state index contributed by atoms with van der Waals surface area (Å²) in [6.07, 6.45) is 4.47. The molecule has 0 unspecified atom stereocenters. The van der Waals surface area contributed by atoms with E-state index in [0.717, 1.165) is 48.9 Å². The summed E-state index contributed by atoms with van der Waals surface area (Å²) in [7, 11) is -2.37. The van der Waals surface area contributed by atoms with Gasteiger partial charge in [-0.25, -0.2) is 13.1 Å². The third kappa shape index (κ3) is 4.79. The summed E-state index contributed by atoms with van der Waals surface area (Å²) in [6.45, 7) is 3.96. The molecular formula is C22H28N2O4S. The number of benzene rings is 2. The van der Waals surface area contributed by atoms with Gasteiger partial charge in [0.25, 0.3) is 5.91 Å². The molecule has 2 aromatic rings. The fraction of sp³-hybridized carbons (Fsp3) is 0.409. The van der Waals surface area contributed by atoms with E-state index in [4.69, 9.17) is 4.74 Å². The van der Waals surface area contributed by atoms with Crippen molar-refractivity contribution in [2.45, 2.75) is 56.9 Å². The van der Waals surface area contributed by atoms with Crippen molar-refractivity contribution in [3.63, 3.8) is 0 Å². The summed E-state index contributed by atoms with van der Waals surface area (Å²) in [4.78, 5) is 12.9. The second kappa shape index (κ2) is 8.97. The number of sulfonamides is 1. The molecule has 6 nitrogen and oxygen atoms in total. The van der Waals surface area contributed by atoms with Crippen LogP contribution in [0, 0.1) is 6.92 Å². The predicted octanol–water partition coefficient (Wildman–Crippen LogP) is 4.04. The van der Waals surface area contributed by atoms with Crippen molar-refractivity contribution in [2.75, 3.05) is 12.4 Å². The molecule has 3 rings (SSSR count). The Bertz CT molecular complexity index is 996. The molecule has 0 radical (unpaired) electrons. The van der Waals surface area contributed by atoms with Crippen LogP contribution in [0.15, 0.2) is 41.3 Å². The molecule has 0 bridgehead atoms. The molecule has 0 atom stereocenters. The molecule has 0 aromatic heterocycles. The lowest BCUT2D eigenvalue weighted by molar-refractivity contribution is 0.102. The number of methoxy groups -OCH3 is 1. The maximum atomic E-state index is 12.9. The number of para-hydroxylation sites is 1. The van der Waals surface area contributed by atoms with Crippen molar-refractivity contribution in [1.82, 2.24) is 4.72 Å². The molecule has 0 heterocycles. The van der Waals surface area contributed by atoms with Gasteiger partial charge in [-0.1, -0.05) is 38.0 Å². The van der Waals surface area contributed by atoms with E-state index in [0.29, 0.717) is 0 Å². The van der Waals surface area contributed by atoms with Crippen molar-refractivity contribution < 1.29 is 17.9 Å². The molecule has 0 saturated heterocycles. The highest BCUT2D eigenvalue weighted by atomic mass is 32.2. The highest BCUT2D eigenvalue weighted by Crippen LogP contribution is 2.28. The predicted molar refractivity (Wildman–Crippen MR) is 114 cm³/mol. The molecule has 1 aliphatic carbocycles. The van der Waals surface area contributed by atoms with Crippen LogP contribution in [0.3, 0.4) is 0 Å². The third-order valence-electron chi connectivity index (χ3n) is 5.37. The van der Waals surface area contributed by atoms with Gasteiger partial charge in [0.05, 0.1) is 7.11 Å². The fourth-order valence-electron chi connectivity index (χ4n) is 3.74. The third-order valence-corrected chi connectivity index (χ3v) is 6.91. The van der Waals surface area contributed by atoms with E-state index < -0.39 is 10.0 Å². The highest BCUT2D eigenvalue weighted by molar-refractivity contribution is 7.89. The van der Waals surface area contributed by atoms with Crippen LogP contribution in [-0.2, 0) is 16.4 Å². The molecule has 2 aromatic carbocycles. The van der Waals surface area contributed by atoms with Gasteiger partial charge in [-0.15, -0.1) is 0 Å². The monoisotopic (exact) mass is 416 g/mol. The van der Waals surface area contributed by atoms with Crippen molar-refractivity contribution in [3.8, 4) is 5.75 Å². The van der Waals surface area contributed by atoms with Crippen molar-refractivity contribution in [1.29, 1.82) is 0 Å². The number of ether oxygens (including phenoxy) is 1. The van der Waals surface area contributed by atoms with Crippen LogP contribution in [0.2, 0.25) is 0 Å². The zero-order valence-electron chi connectivity index (χ0n) is 17.1. The van der Waals surface area contributed by atoms with Gasteiger partial charge >= 0.3 is 0 Å². The molecule has 1 saturated carbocycles. The van der Waals surface area contributed by atoms with Gasteiger partial charge < -0.3 is 10.1 Å². The smallest absolute Gasteiger partial charge is 0.255 e. The highest BCUT2D eigenvalue weighted by Gasteiger charge is 2.26. The number of hydrogen-bond donors (Lipinski definition) is 2. The van der Waals surface area contributed by atoms with E-state index in [9.17, 15) is 13.2 Å². The zero-order chi connectivity index (χ0) is 21.0. The number of hydrogen-bond acceptors (Lipinski definition) is 4. The van der Waals surface area contributed by atoms with E-state index in [1.807, 2.05) is 32.0 Å². The van der Waals surface area contributed by atoms with E-state index in [1.54, 1.807) is 6.07 Å². The molecule has 0 aliphatic heterocycles. The first-order valence-corrected chi connectivity index (χ1v) is 11.4. The van der Waals surface area contributed by atoms with Crippen LogP contribution in [0.4, 0.5) is 5.69 Å². The second-order valence-corrected chi connectivity index (χ2v) is 9.07. The molecule has 1 fully saturated rings. The van der Waals surface area contributed by atoms with Gasteiger partial charge in [-0.2, -0.15) is 0 Å². The SMILES string of the molecule is CCc1cccc(C)c1NC(=O)c1ccc(OC)c(S(=O)(=O)NC2CCCC2)c1. The van der Waals surface area contributed by atoms with Gasteiger partial charge in [-0.05, 0) is 55.5 Å². The lowest BCUT2D eigenvalue weighted by Gasteiger charge is -2.16. The Balaban J connectivity index is 1.91. The first-order chi connectivity index (χ1) is 13.9. The van der Waals surface area contributed by atoms with Crippen LogP contribution < -0.4 is 14.8 Å². The lowest BCUT2D eigenvalue weighted by Crippen LogP contribution is -2.33. The van der Waals surface area contributed by atoms with Crippen molar-refractivity contribution in [3.05, 3.63) is 53.1 Å². The van der Waals surface area contributed by atoms with Gasteiger partial charge in [0.2, 0.25) is 10.0 Å². The summed E-state index contributed by atoms with van der Waals surface area (Å²) < 4.78 is 33.9. The van der Waals surface area contributed by atoms with Crippen molar-refractivity contribution in [2.24, 2.45) is 0 Å². The summed E-state index contributed by atoms with van der Waals surface area (Å²) in [5, 5.41) is 2.94. The van der Waals surface area contributed by atoms with E-state index in [-0.39, 0.29) is 28.2 Å². The second-order valence-electron chi connectivity index (χ2n) is 7.39. The standard InChI is InChI=1S/C22H28N2O4S/c1-4-16-9-7-8-15(2)21(16)23-22(25)17-12-13-19(28-3)20(14-17)29(26,27)24-18-10-5-6-11-18/h7-9,12-14,18,24H,4-6,10-11H2,1-3H3,(H,23,25). The molecule has 0 spiro atoms. The number of anilines is 1. The Labute approximate surface area is 172 Å². The van der Waals surface area contributed by atoms with Crippen LogP contribution in [0.5, 0.6) is 5.75 Å². The molecule has 156 valence electrons. The first kappa shape index (κ1) is 21.3. The summed E-state index contributed by atoms with van der Waals surface area (Å²) in [6, 6.07) is 10.3. The van der Waals surface area contributed by atoms with Crippen LogP contribution >= 0.6 is 0 Å². The number of aryl methyl sites for hydroxylation is 2. The maximum Gasteiger partial charge on any atom is 0.255 e. The van der Waals surface area contributed by atoms with E-state index in [2.05, 4.69) is 10.0 Å². The topological polar surface area (TPSA) is 84.5 Å². The Morgan fingerprint density at radius 2 is 1.90 bits per heavy atom. The van der Waals surface area contributed by atoms with Gasteiger partial charge in [0.1, 0.15) is 10.6 Å². The lowest BCUT2D eigenvalue weighted by atomic mass is 10.1. The van der Waals surface area contributed by atoms with Crippen LogP contribution in [0.25, 0.3) is 0 Å². The summed E-state index contributed by atoms with van der Waals surface area (Å²) in [5.41, 5.74) is 3.02. The quantitative estimate of drug-likeness (QED) is 0.713. The summed E-state index contributed by atoms with van der Waals surface area (Å²) in [5.74, 6) is -0.133. The van der Waals surface area contributed by atoms with Crippen LogP contribution in [0.1, 0.15) is 54.1 Å². The number of carbonyl (C=O) groups excluding carboxylic acids is 1. The number of carbonyl (C=O) groups is 1. The molecular weight excluding hydrogens is 388 g/mol. The Kier molecular flexibility index (Phi) is 6.59. The largest absolute Gasteiger partial charge is 0.495 e. The molecule has 2 N–H and O–H groups in total. The van der Waals surface area contributed by atoms with Gasteiger partial charge in [0, 0.05) is 17.3 Å². The van der Waals surface area contributed by atoms with Gasteiger partial charge in [0.15, 0.2) is 0 Å². The molecule has 1 amide bonds. The first-order valence-electron chi connectivity index (χ1n) is 9.96. The van der Waals surface area contributed by atoms with E-state index in [1.165, 1.54) is 19.2 Å². The van der Waals surface area contributed by atoms with Crippen molar-refractivity contribution >= 4 is 21.6 Å². The normalized spacial score (nSPS) is 14.7. The average Bonchev–Trinajstić information content (AvgIpc) is 3.21. The Hall–Kier alpha value is -2.38. The molecule has 7 heteroatoms. The Morgan fingerprint density at radius 1 is 1.17 bits per heavy atom. The Morgan fingerprint density at radius 3 is 2.55 bits per heavy atom. The average molecular weight is 417 g/mol. The number of amides is 1. The fourth-order valence-corrected chi connectivity index (χ4v) is 5.24. The number of rotatable bonds is 7. The minimum absolute atomic E-state index is 0.0138. The number of nitrogens with one attached hydrogen (secondary N) is 2. The molecule has 1 aliphatic rings. The summed E-state index contributed by atoms with van der Waals surface area (Å²) >= 11 is 0. The van der Waals surface area contributed by atoms with Gasteiger partial charge in [-0.3, -0.25) is 4.79 Å². The van der Waals surface area contributed by atoms with Crippen LogP contribution in [-0.4, -0.2) is 27.5 Å². The minimum atomic E-state index is -3.79. The van der Waals surface area contributed by atoms with E-state index >= 15 is 0 Å². The molecule has 29 heavy (non-hydrogen) atoms.